The third kappa shape index (κ3) is 2.09. The van der Waals surface area contributed by atoms with Crippen LogP contribution in [0.5, 0.6) is 0 Å². The summed E-state index contributed by atoms with van der Waals surface area (Å²) in [6.07, 6.45) is 2.07. The average molecular weight is 291 g/mol. The number of likely N-dealkylation sites (tertiary alicyclic amines) is 1. The molecular formula is C15H21N3OS. The number of hydrogen-bond acceptors (Lipinski definition) is 4. The molecule has 0 aromatic carbocycles. The van der Waals surface area contributed by atoms with Gasteiger partial charge in [-0.05, 0) is 59.3 Å². The van der Waals surface area contributed by atoms with Crippen molar-refractivity contribution >= 4 is 21.6 Å². The molecule has 0 N–H and O–H groups in total. The molecule has 0 radical (unpaired) electrons. The maximum Gasteiger partial charge on any atom is 0.262 e. The summed E-state index contributed by atoms with van der Waals surface area (Å²) in [5.41, 5.74) is 1.26. The maximum atomic E-state index is 12.9. The third-order valence-corrected chi connectivity index (χ3v) is 5.57. The first-order valence-corrected chi connectivity index (χ1v) is 7.98. The maximum absolute atomic E-state index is 12.9. The van der Waals surface area contributed by atoms with Gasteiger partial charge in [0.25, 0.3) is 5.56 Å². The van der Waals surface area contributed by atoms with Gasteiger partial charge in [-0.25, -0.2) is 4.98 Å². The van der Waals surface area contributed by atoms with Crippen LogP contribution in [0.3, 0.4) is 0 Å². The summed E-state index contributed by atoms with van der Waals surface area (Å²) in [4.78, 5) is 22.0. The van der Waals surface area contributed by atoms with Crippen LogP contribution < -0.4 is 5.56 Å². The molecule has 0 spiro atoms. The van der Waals surface area contributed by atoms with Crippen LogP contribution in [0.25, 0.3) is 10.2 Å². The number of aromatic nitrogens is 2. The second-order valence-corrected chi connectivity index (χ2v) is 7.04. The van der Waals surface area contributed by atoms with E-state index in [4.69, 9.17) is 0 Å². The molecule has 1 fully saturated rings. The number of aryl methyl sites for hydroxylation is 3. The van der Waals surface area contributed by atoms with Crippen molar-refractivity contribution < 1.29 is 0 Å². The van der Waals surface area contributed by atoms with Crippen molar-refractivity contribution in [3.05, 3.63) is 26.6 Å². The van der Waals surface area contributed by atoms with E-state index in [1.165, 1.54) is 4.88 Å². The summed E-state index contributed by atoms with van der Waals surface area (Å²) >= 11 is 1.63. The van der Waals surface area contributed by atoms with Gasteiger partial charge in [0.2, 0.25) is 0 Å². The minimum absolute atomic E-state index is 0.156. The van der Waals surface area contributed by atoms with E-state index in [-0.39, 0.29) is 5.56 Å². The molecule has 20 heavy (non-hydrogen) atoms. The second kappa shape index (κ2) is 4.97. The Morgan fingerprint density at radius 2 is 1.85 bits per heavy atom. The monoisotopic (exact) mass is 291 g/mol. The van der Waals surface area contributed by atoms with Gasteiger partial charge in [0.15, 0.2) is 0 Å². The Bertz CT molecular complexity index is 708. The molecule has 3 rings (SSSR count). The van der Waals surface area contributed by atoms with E-state index in [0.29, 0.717) is 6.04 Å². The fourth-order valence-corrected chi connectivity index (χ4v) is 4.16. The fraction of sp³-hybridized carbons (Fsp3) is 0.600. The first kappa shape index (κ1) is 13.8. The van der Waals surface area contributed by atoms with Gasteiger partial charge in [0.05, 0.1) is 5.39 Å². The summed E-state index contributed by atoms with van der Waals surface area (Å²) < 4.78 is 1.94. The zero-order valence-electron chi connectivity index (χ0n) is 12.6. The number of rotatable bonds is 1. The zero-order chi connectivity index (χ0) is 14.4. The molecule has 0 saturated carbocycles. The van der Waals surface area contributed by atoms with Crippen LogP contribution in [0.4, 0.5) is 0 Å². The molecule has 0 bridgehead atoms. The minimum Gasteiger partial charge on any atom is -0.306 e. The molecule has 0 amide bonds. The number of thiophene rings is 1. The van der Waals surface area contributed by atoms with Crippen molar-refractivity contribution in [1.82, 2.24) is 14.5 Å². The predicted octanol–water partition coefficient (Wildman–Crippen LogP) is 2.65. The Balaban J connectivity index is 2.16. The lowest BCUT2D eigenvalue weighted by Gasteiger charge is -2.30. The third-order valence-electron chi connectivity index (χ3n) is 4.46. The molecule has 108 valence electrons. The Morgan fingerprint density at radius 3 is 2.50 bits per heavy atom. The molecular weight excluding hydrogens is 270 g/mol. The average Bonchev–Trinajstić information content (AvgIpc) is 2.67. The van der Waals surface area contributed by atoms with Crippen LogP contribution in [0.1, 0.15) is 35.1 Å². The quantitative estimate of drug-likeness (QED) is 0.810. The number of hydrogen-bond donors (Lipinski definition) is 0. The van der Waals surface area contributed by atoms with Gasteiger partial charge in [0.1, 0.15) is 10.7 Å². The van der Waals surface area contributed by atoms with Crippen LogP contribution >= 0.6 is 11.3 Å². The first-order valence-electron chi connectivity index (χ1n) is 7.16. The highest BCUT2D eigenvalue weighted by Gasteiger charge is 2.23. The van der Waals surface area contributed by atoms with Crippen LogP contribution in [0, 0.1) is 20.8 Å². The minimum atomic E-state index is 0.156. The van der Waals surface area contributed by atoms with Gasteiger partial charge < -0.3 is 4.90 Å². The topological polar surface area (TPSA) is 38.1 Å². The van der Waals surface area contributed by atoms with Crippen molar-refractivity contribution in [2.24, 2.45) is 0 Å². The predicted molar refractivity (Wildman–Crippen MR) is 83.9 cm³/mol. The van der Waals surface area contributed by atoms with Crippen LogP contribution in [0.15, 0.2) is 4.79 Å². The second-order valence-electron chi connectivity index (χ2n) is 5.83. The molecule has 3 heterocycles. The molecule has 1 aliphatic heterocycles. The lowest BCUT2D eigenvalue weighted by atomic mass is 10.0. The first-order chi connectivity index (χ1) is 9.49. The van der Waals surface area contributed by atoms with E-state index < -0.39 is 0 Å². The molecule has 1 saturated heterocycles. The normalized spacial score (nSPS) is 18.0. The molecule has 1 aliphatic rings. The van der Waals surface area contributed by atoms with Crippen molar-refractivity contribution in [1.29, 1.82) is 0 Å². The van der Waals surface area contributed by atoms with Crippen molar-refractivity contribution in [2.45, 2.75) is 39.7 Å². The van der Waals surface area contributed by atoms with E-state index in [1.807, 2.05) is 18.4 Å². The largest absolute Gasteiger partial charge is 0.306 e. The summed E-state index contributed by atoms with van der Waals surface area (Å²) in [5.74, 6) is 0.860. The van der Waals surface area contributed by atoms with E-state index in [1.54, 1.807) is 11.3 Å². The number of fused-ring (bicyclic) bond motifs is 1. The highest BCUT2D eigenvalue weighted by Crippen LogP contribution is 2.28. The van der Waals surface area contributed by atoms with E-state index in [2.05, 4.69) is 23.9 Å². The summed E-state index contributed by atoms with van der Waals surface area (Å²) in [5, 5.41) is 0.831. The van der Waals surface area contributed by atoms with Gasteiger partial charge >= 0.3 is 0 Å². The zero-order valence-corrected chi connectivity index (χ0v) is 13.4. The Hall–Kier alpha value is -1.20. The summed E-state index contributed by atoms with van der Waals surface area (Å²) in [7, 11) is 2.14. The van der Waals surface area contributed by atoms with E-state index in [0.717, 1.165) is 47.5 Å². The van der Waals surface area contributed by atoms with Gasteiger partial charge in [-0.2, -0.15) is 0 Å². The molecule has 0 atom stereocenters. The van der Waals surface area contributed by atoms with Crippen molar-refractivity contribution in [3.63, 3.8) is 0 Å². The van der Waals surface area contributed by atoms with Gasteiger partial charge in [0, 0.05) is 10.9 Å². The Morgan fingerprint density at radius 1 is 1.20 bits per heavy atom. The SMILES string of the molecule is Cc1sc2nc(C)n(C3CCN(C)CC3)c(=O)c2c1C. The van der Waals surface area contributed by atoms with Crippen molar-refractivity contribution in [2.75, 3.05) is 20.1 Å². The molecule has 4 nitrogen and oxygen atoms in total. The van der Waals surface area contributed by atoms with Gasteiger partial charge in [-0.3, -0.25) is 9.36 Å². The molecule has 2 aromatic rings. The lowest BCUT2D eigenvalue weighted by Crippen LogP contribution is -2.36. The summed E-state index contributed by atoms with van der Waals surface area (Å²) in [6, 6.07) is 0.301. The molecule has 2 aromatic heterocycles. The number of nitrogens with zero attached hydrogens (tertiary/aromatic N) is 3. The van der Waals surface area contributed by atoms with Crippen LogP contribution in [-0.2, 0) is 0 Å². The standard InChI is InChI=1S/C15H21N3OS/c1-9-10(2)20-14-13(9)15(19)18(11(3)16-14)12-5-7-17(4)8-6-12/h12H,5-8H2,1-4H3. The van der Waals surface area contributed by atoms with E-state index in [9.17, 15) is 4.79 Å². The fourth-order valence-electron chi connectivity index (χ4n) is 3.09. The summed E-state index contributed by atoms with van der Waals surface area (Å²) in [6.45, 7) is 8.16. The Kier molecular flexibility index (Phi) is 3.42. The van der Waals surface area contributed by atoms with Crippen molar-refractivity contribution in [3.8, 4) is 0 Å². The Labute approximate surface area is 123 Å². The molecule has 0 aliphatic carbocycles. The van der Waals surface area contributed by atoms with Gasteiger partial charge in [-0.15, -0.1) is 11.3 Å². The van der Waals surface area contributed by atoms with Gasteiger partial charge in [-0.1, -0.05) is 0 Å². The highest BCUT2D eigenvalue weighted by atomic mass is 32.1. The number of piperidine rings is 1. The lowest BCUT2D eigenvalue weighted by molar-refractivity contribution is 0.216. The highest BCUT2D eigenvalue weighted by molar-refractivity contribution is 7.18. The molecule has 5 heteroatoms. The van der Waals surface area contributed by atoms with E-state index >= 15 is 0 Å². The van der Waals surface area contributed by atoms with Crippen LogP contribution in [-0.4, -0.2) is 34.6 Å². The molecule has 0 unspecified atom stereocenters. The smallest absolute Gasteiger partial charge is 0.262 e. The van der Waals surface area contributed by atoms with Crippen LogP contribution in [0.2, 0.25) is 0 Å².